The van der Waals surface area contributed by atoms with Gasteiger partial charge in [-0.3, -0.25) is 9.59 Å². The van der Waals surface area contributed by atoms with Gasteiger partial charge in [0.05, 0.1) is 18.7 Å². The Labute approximate surface area is 151 Å². The van der Waals surface area contributed by atoms with E-state index in [0.717, 1.165) is 17.9 Å². The second-order valence-corrected chi connectivity index (χ2v) is 7.23. The third-order valence-electron chi connectivity index (χ3n) is 4.14. The lowest BCUT2D eigenvalue weighted by molar-refractivity contribution is -0.129. The molecule has 0 saturated carbocycles. The van der Waals surface area contributed by atoms with E-state index in [2.05, 4.69) is 17.4 Å². The molecule has 1 aromatic heterocycles. The van der Waals surface area contributed by atoms with Crippen LogP contribution in [0.5, 0.6) is 0 Å². The Morgan fingerprint density at radius 3 is 2.84 bits per heavy atom. The van der Waals surface area contributed by atoms with Crippen LogP contribution >= 0.6 is 11.8 Å². The molecule has 1 aliphatic heterocycles. The van der Waals surface area contributed by atoms with Crippen LogP contribution in [0.2, 0.25) is 0 Å². The summed E-state index contributed by atoms with van der Waals surface area (Å²) >= 11 is 1.78. The average Bonchev–Trinajstić information content (AvgIpc) is 3.26. The number of likely N-dealkylation sites (tertiary alicyclic amines) is 1. The van der Waals surface area contributed by atoms with E-state index in [-0.39, 0.29) is 24.2 Å². The minimum atomic E-state index is -0.260. The number of thioether (sulfide) groups is 1. The third kappa shape index (κ3) is 5.13. The molecule has 25 heavy (non-hydrogen) atoms. The van der Waals surface area contributed by atoms with E-state index in [4.69, 9.17) is 4.42 Å². The predicted molar refractivity (Wildman–Crippen MR) is 97.0 cm³/mol. The lowest BCUT2D eigenvalue weighted by Gasteiger charge is -2.15. The molecular weight excluding hydrogens is 336 g/mol. The predicted octanol–water partition coefficient (Wildman–Crippen LogP) is 2.93. The Morgan fingerprint density at radius 2 is 2.08 bits per heavy atom. The van der Waals surface area contributed by atoms with Gasteiger partial charge in [0.15, 0.2) is 0 Å². The van der Waals surface area contributed by atoms with Crippen LogP contribution < -0.4 is 5.32 Å². The zero-order valence-corrected chi connectivity index (χ0v) is 14.8. The van der Waals surface area contributed by atoms with Gasteiger partial charge in [-0.25, -0.2) is 0 Å². The first kappa shape index (κ1) is 17.6. The average molecular weight is 358 g/mol. The molecule has 1 fully saturated rings. The summed E-state index contributed by atoms with van der Waals surface area (Å²) in [5, 5.41) is 2.96. The zero-order chi connectivity index (χ0) is 17.5. The van der Waals surface area contributed by atoms with Crippen LogP contribution in [0.3, 0.4) is 0 Å². The van der Waals surface area contributed by atoms with Crippen molar-refractivity contribution in [2.24, 2.45) is 5.92 Å². The molecular formula is C19H22N2O3S. The first-order valence-corrected chi connectivity index (χ1v) is 9.46. The van der Waals surface area contributed by atoms with Gasteiger partial charge in [-0.15, -0.1) is 11.8 Å². The molecule has 2 aromatic rings. The molecule has 1 aliphatic rings. The Morgan fingerprint density at radius 1 is 1.24 bits per heavy atom. The highest BCUT2D eigenvalue weighted by Crippen LogP contribution is 2.21. The van der Waals surface area contributed by atoms with Gasteiger partial charge in [-0.05, 0) is 36.4 Å². The number of carbonyl (C=O) groups excluding carboxylic acids is 2. The third-order valence-corrected chi connectivity index (χ3v) is 5.24. The van der Waals surface area contributed by atoms with E-state index >= 15 is 0 Å². The molecule has 1 aromatic carbocycles. The SMILES string of the molecule is O=C(NCCCSc1ccccc1)[C@@H]1CC(=O)N(Cc2ccco2)C1. The van der Waals surface area contributed by atoms with Crippen molar-refractivity contribution in [2.75, 3.05) is 18.8 Å². The second kappa shape index (κ2) is 8.76. The molecule has 2 amide bonds. The molecule has 0 aliphatic carbocycles. The molecule has 6 heteroatoms. The summed E-state index contributed by atoms with van der Waals surface area (Å²) in [5.74, 6) is 1.42. The fourth-order valence-electron chi connectivity index (χ4n) is 2.83. The van der Waals surface area contributed by atoms with Crippen molar-refractivity contribution in [3.63, 3.8) is 0 Å². The number of benzene rings is 1. The van der Waals surface area contributed by atoms with Crippen LogP contribution in [-0.4, -0.2) is 35.6 Å². The molecule has 132 valence electrons. The zero-order valence-electron chi connectivity index (χ0n) is 14.0. The van der Waals surface area contributed by atoms with Crippen LogP contribution in [0.4, 0.5) is 0 Å². The number of furan rings is 1. The van der Waals surface area contributed by atoms with Gasteiger partial charge < -0.3 is 14.6 Å². The summed E-state index contributed by atoms with van der Waals surface area (Å²) in [6, 6.07) is 13.9. The molecule has 0 radical (unpaired) electrons. The number of hydrogen-bond acceptors (Lipinski definition) is 4. The first-order valence-electron chi connectivity index (χ1n) is 8.48. The number of hydrogen-bond donors (Lipinski definition) is 1. The summed E-state index contributed by atoms with van der Waals surface area (Å²) in [5.41, 5.74) is 0. The van der Waals surface area contributed by atoms with Gasteiger partial charge in [0, 0.05) is 24.4 Å². The van der Waals surface area contributed by atoms with Crippen molar-refractivity contribution < 1.29 is 14.0 Å². The molecule has 0 unspecified atom stereocenters. The Bertz CT molecular complexity index is 688. The van der Waals surface area contributed by atoms with E-state index in [1.54, 1.807) is 29.0 Å². The van der Waals surface area contributed by atoms with E-state index < -0.39 is 0 Å². The normalized spacial score (nSPS) is 17.0. The maximum atomic E-state index is 12.3. The Hall–Kier alpha value is -2.21. The summed E-state index contributed by atoms with van der Waals surface area (Å²) in [6.45, 7) is 1.54. The lowest BCUT2D eigenvalue weighted by Crippen LogP contribution is -2.33. The number of nitrogens with zero attached hydrogens (tertiary/aromatic N) is 1. The van der Waals surface area contributed by atoms with Gasteiger partial charge in [0.25, 0.3) is 0 Å². The highest BCUT2D eigenvalue weighted by Gasteiger charge is 2.34. The van der Waals surface area contributed by atoms with Crippen molar-refractivity contribution in [1.29, 1.82) is 0 Å². The quantitative estimate of drug-likeness (QED) is 0.582. The molecule has 1 saturated heterocycles. The smallest absolute Gasteiger partial charge is 0.225 e. The van der Waals surface area contributed by atoms with Crippen LogP contribution in [0.1, 0.15) is 18.6 Å². The lowest BCUT2D eigenvalue weighted by atomic mass is 10.1. The number of amides is 2. The molecule has 2 heterocycles. The number of rotatable bonds is 8. The molecule has 0 spiro atoms. The number of carbonyl (C=O) groups is 2. The maximum absolute atomic E-state index is 12.3. The van der Waals surface area contributed by atoms with Gasteiger partial charge in [-0.2, -0.15) is 0 Å². The summed E-state index contributed by atoms with van der Waals surface area (Å²) in [7, 11) is 0. The highest BCUT2D eigenvalue weighted by molar-refractivity contribution is 7.99. The van der Waals surface area contributed by atoms with Crippen molar-refractivity contribution in [1.82, 2.24) is 10.2 Å². The maximum Gasteiger partial charge on any atom is 0.225 e. The second-order valence-electron chi connectivity index (χ2n) is 6.06. The summed E-state index contributed by atoms with van der Waals surface area (Å²) in [6.07, 6.45) is 2.78. The standard InChI is InChI=1S/C19H22N2O3S/c22-18-12-15(13-21(18)14-16-6-4-10-24-16)19(23)20-9-5-11-25-17-7-2-1-3-8-17/h1-4,6-8,10,15H,5,9,11-14H2,(H,20,23)/t15-/m1/s1. The molecule has 3 rings (SSSR count). The number of nitrogens with one attached hydrogen (secondary N) is 1. The van der Waals surface area contributed by atoms with Crippen molar-refractivity contribution >= 4 is 23.6 Å². The van der Waals surface area contributed by atoms with Crippen LogP contribution in [-0.2, 0) is 16.1 Å². The summed E-state index contributed by atoms with van der Waals surface area (Å²) < 4.78 is 5.27. The Balaban J connectivity index is 1.35. The van der Waals surface area contributed by atoms with Crippen LogP contribution in [0.15, 0.2) is 58.0 Å². The molecule has 0 bridgehead atoms. The van der Waals surface area contributed by atoms with Gasteiger partial charge >= 0.3 is 0 Å². The van der Waals surface area contributed by atoms with E-state index in [0.29, 0.717) is 19.6 Å². The van der Waals surface area contributed by atoms with E-state index in [1.807, 2.05) is 24.3 Å². The molecule has 1 N–H and O–H groups in total. The summed E-state index contributed by atoms with van der Waals surface area (Å²) in [4.78, 5) is 27.2. The highest BCUT2D eigenvalue weighted by atomic mass is 32.2. The monoisotopic (exact) mass is 358 g/mol. The Kier molecular flexibility index (Phi) is 6.17. The fourth-order valence-corrected chi connectivity index (χ4v) is 3.70. The first-order chi connectivity index (χ1) is 12.2. The van der Waals surface area contributed by atoms with Gasteiger partial charge in [0.1, 0.15) is 5.76 Å². The van der Waals surface area contributed by atoms with Crippen LogP contribution in [0.25, 0.3) is 0 Å². The largest absolute Gasteiger partial charge is 0.467 e. The molecule has 5 nitrogen and oxygen atoms in total. The minimum Gasteiger partial charge on any atom is -0.467 e. The van der Waals surface area contributed by atoms with Crippen LogP contribution in [0, 0.1) is 5.92 Å². The van der Waals surface area contributed by atoms with Gasteiger partial charge in [0.2, 0.25) is 11.8 Å². The molecule has 1 atom stereocenters. The van der Waals surface area contributed by atoms with E-state index in [1.165, 1.54) is 4.90 Å². The minimum absolute atomic E-state index is 0.0104. The fraction of sp³-hybridized carbons (Fsp3) is 0.368. The van der Waals surface area contributed by atoms with Crippen molar-refractivity contribution in [3.8, 4) is 0 Å². The topological polar surface area (TPSA) is 62.6 Å². The van der Waals surface area contributed by atoms with Crippen molar-refractivity contribution in [3.05, 3.63) is 54.5 Å². The van der Waals surface area contributed by atoms with E-state index in [9.17, 15) is 9.59 Å². The van der Waals surface area contributed by atoms with Crippen molar-refractivity contribution in [2.45, 2.75) is 24.3 Å². The van der Waals surface area contributed by atoms with Gasteiger partial charge in [-0.1, -0.05) is 18.2 Å².